The van der Waals surface area contributed by atoms with Crippen molar-refractivity contribution in [3.8, 4) is 11.5 Å². The van der Waals surface area contributed by atoms with Crippen LogP contribution in [0, 0.1) is 11.7 Å². The highest BCUT2D eigenvalue weighted by atomic mass is 19.1. The van der Waals surface area contributed by atoms with Crippen molar-refractivity contribution < 1.29 is 8.91 Å². The van der Waals surface area contributed by atoms with Gasteiger partial charge in [-0.25, -0.2) is 9.37 Å². The van der Waals surface area contributed by atoms with Crippen LogP contribution in [0.1, 0.15) is 37.5 Å². The number of halogens is 1. The smallest absolute Gasteiger partial charge is 0.230 e. The quantitative estimate of drug-likeness (QED) is 0.931. The van der Waals surface area contributed by atoms with E-state index >= 15 is 0 Å². The van der Waals surface area contributed by atoms with E-state index in [-0.39, 0.29) is 5.82 Å². The van der Waals surface area contributed by atoms with Gasteiger partial charge in [0.05, 0.1) is 6.20 Å². The van der Waals surface area contributed by atoms with Crippen LogP contribution in [-0.4, -0.2) is 21.7 Å². The van der Waals surface area contributed by atoms with Gasteiger partial charge in [0.25, 0.3) is 0 Å². The highest BCUT2D eigenvalue weighted by molar-refractivity contribution is 5.47. The Kier molecular flexibility index (Phi) is 3.73. The lowest BCUT2D eigenvalue weighted by Crippen LogP contribution is -2.20. The predicted molar refractivity (Wildman–Crippen MR) is 71.2 cm³/mol. The first kappa shape index (κ1) is 13.2. The number of hydrogen-bond acceptors (Lipinski definition) is 5. The fraction of sp³-hybridized carbons (Fsp3) is 0.500. The Morgan fingerprint density at radius 2 is 2.05 bits per heavy atom. The summed E-state index contributed by atoms with van der Waals surface area (Å²) in [4.78, 5) is 8.35. The van der Waals surface area contributed by atoms with E-state index in [0.29, 0.717) is 29.2 Å². The van der Waals surface area contributed by atoms with Crippen molar-refractivity contribution in [1.29, 1.82) is 0 Å². The van der Waals surface area contributed by atoms with E-state index in [2.05, 4.69) is 15.1 Å². The second kappa shape index (κ2) is 5.66. The average molecular weight is 276 g/mol. The Bertz CT molecular complexity index is 561. The Labute approximate surface area is 116 Å². The average Bonchev–Trinajstić information content (AvgIpc) is 2.98. The molecule has 2 heterocycles. The predicted octanol–water partition coefficient (Wildman–Crippen LogP) is 2.50. The third kappa shape index (κ3) is 2.70. The number of nitrogens with zero attached hydrogens (tertiary/aromatic N) is 3. The number of nitrogens with two attached hydrogens (primary N) is 1. The molecule has 0 atom stereocenters. The summed E-state index contributed by atoms with van der Waals surface area (Å²) in [5, 5.41) is 3.93. The van der Waals surface area contributed by atoms with Crippen LogP contribution in [0.4, 0.5) is 4.39 Å². The molecule has 0 bridgehead atoms. The van der Waals surface area contributed by atoms with Crippen LogP contribution in [0.3, 0.4) is 0 Å². The summed E-state index contributed by atoms with van der Waals surface area (Å²) < 4.78 is 18.2. The Balaban J connectivity index is 1.72. The van der Waals surface area contributed by atoms with E-state index < -0.39 is 0 Å². The number of aromatic nitrogens is 3. The van der Waals surface area contributed by atoms with Crippen molar-refractivity contribution in [3.05, 3.63) is 30.0 Å². The molecule has 106 valence electrons. The van der Waals surface area contributed by atoms with Crippen LogP contribution in [0.2, 0.25) is 0 Å². The lowest BCUT2D eigenvalue weighted by Gasteiger charge is -2.24. The molecule has 0 unspecified atom stereocenters. The fourth-order valence-corrected chi connectivity index (χ4v) is 2.66. The third-order valence-electron chi connectivity index (χ3n) is 3.93. The van der Waals surface area contributed by atoms with Gasteiger partial charge in [0.2, 0.25) is 11.7 Å². The minimum Gasteiger partial charge on any atom is -0.339 e. The van der Waals surface area contributed by atoms with E-state index in [1.54, 1.807) is 6.07 Å². The van der Waals surface area contributed by atoms with Crippen molar-refractivity contribution in [2.45, 2.75) is 31.6 Å². The molecule has 0 radical (unpaired) electrons. The molecule has 2 aromatic heterocycles. The molecule has 1 aliphatic carbocycles. The van der Waals surface area contributed by atoms with Crippen LogP contribution in [0.25, 0.3) is 11.5 Å². The first-order chi connectivity index (χ1) is 9.76. The maximum Gasteiger partial charge on any atom is 0.230 e. The molecule has 1 saturated carbocycles. The van der Waals surface area contributed by atoms with E-state index in [9.17, 15) is 4.39 Å². The summed E-state index contributed by atoms with van der Waals surface area (Å²) in [6, 6.07) is 2.89. The summed E-state index contributed by atoms with van der Waals surface area (Å²) in [7, 11) is 0. The number of pyridine rings is 1. The molecule has 2 N–H and O–H groups in total. The lowest BCUT2D eigenvalue weighted by atomic mass is 9.82. The monoisotopic (exact) mass is 276 g/mol. The highest BCUT2D eigenvalue weighted by Gasteiger charge is 2.26. The summed E-state index contributed by atoms with van der Waals surface area (Å²) >= 11 is 0. The third-order valence-corrected chi connectivity index (χ3v) is 3.93. The molecular formula is C14H17FN4O. The molecule has 5 nitrogen and oxygen atoms in total. The first-order valence-corrected chi connectivity index (χ1v) is 6.92. The van der Waals surface area contributed by atoms with Gasteiger partial charge >= 0.3 is 0 Å². The zero-order valence-corrected chi connectivity index (χ0v) is 11.1. The van der Waals surface area contributed by atoms with Gasteiger partial charge in [-0.15, -0.1) is 0 Å². The van der Waals surface area contributed by atoms with Crippen LogP contribution in [0.5, 0.6) is 0 Å². The van der Waals surface area contributed by atoms with Crippen molar-refractivity contribution >= 4 is 0 Å². The molecular weight excluding hydrogens is 259 g/mol. The highest BCUT2D eigenvalue weighted by Crippen LogP contribution is 2.35. The summed E-state index contributed by atoms with van der Waals surface area (Å²) in [6.45, 7) is 0.751. The number of hydrogen-bond donors (Lipinski definition) is 1. The van der Waals surface area contributed by atoms with E-state index in [4.69, 9.17) is 10.3 Å². The topological polar surface area (TPSA) is 77.8 Å². The van der Waals surface area contributed by atoms with Gasteiger partial charge in [0.1, 0.15) is 11.5 Å². The maximum absolute atomic E-state index is 12.8. The van der Waals surface area contributed by atoms with E-state index in [0.717, 1.165) is 38.4 Å². The lowest BCUT2D eigenvalue weighted by molar-refractivity contribution is 0.275. The Morgan fingerprint density at radius 3 is 2.70 bits per heavy atom. The maximum atomic E-state index is 12.8. The van der Waals surface area contributed by atoms with E-state index in [1.165, 1.54) is 6.07 Å². The first-order valence-electron chi connectivity index (χ1n) is 6.92. The normalized spacial score (nSPS) is 22.9. The summed E-state index contributed by atoms with van der Waals surface area (Å²) in [6.07, 6.45) is 5.42. The molecule has 0 aromatic carbocycles. The van der Waals surface area contributed by atoms with Crippen molar-refractivity contribution in [2.24, 2.45) is 11.7 Å². The second-order valence-electron chi connectivity index (χ2n) is 5.27. The van der Waals surface area contributed by atoms with Gasteiger partial charge in [-0.05, 0) is 50.3 Å². The van der Waals surface area contributed by atoms with Crippen LogP contribution in [0.15, 0.2) is 22.9 Å². The van der Waals surface area contributed by atoms with Gasteiger partial charge in [0.15, 0.2) is 0 Å². The van der Waals surface area contributed by atoms with Crippen molar-refractivity contribution in [1.82, 2.24) is 15.1 Å². The molecule has 20 heavy (non-hydrogen) atoms. The molecule has 6 heteroatoms. The largest absolute Gasteiger partial charge is 0.339 e. The Morgan fingerprint density at radius 1 is 1.25 bits per heavy atom. The summed E-state index contributed by atoms with van der Waals surface area (Å²) in [5.41, 5.74) is 6.21. The van der Waals surface area contributed by atoms with Gasteiger partial charge in [-0.3, -0.25) is 0 Å². The zero-order chi connectivity index (χ0) is 13.9. The second-order valence-corrected chi connectivity index (χ2v) is 5.27. The zero-order valence-electron chi connectivity index (χ0n) is 11.1. The minimum atomic E-state index is -0.377. The van der Waals surface area contributed by atoms with Gasteiger partial charge in [0, 0.05) is 5.92 Å². The minimum absolute atomic E-state index is 0.305. The molecule has 0 saturated heterocycles. The van der Waals surface area contributed by atoms with Crippen molar-refractivity contribution in [2.75, 3.05) is 6.54 Å². The van der Waals surface area contributed by atoms with Crippen LogP contribution >= 0.6 is 0 Å². The molecule has 1 fully saturated rings. The fourth-order valence-electron chi connectivity index (χ4n) is 2.66. The standard InChI is InChI=1S/C14H17FN4O/c15-11-5-6-12(17-8-11)13-18-14(20-19-13)10-3-1-9(7-16)2-4-10/h5-6,8-10H,1-4,7,16H2. The van der Waals surface area contributed by atoms with Crippen LogP contribution in [-0.2, 0) is 0 Å². The Hall–Kier alpha value is -1.82. The molecule has 0 spiro atoms. The molecule has 1 aliphatic rings. The summed E-state index contributed by atoms with van der Waals surface area (Å²) in [5.74, 6) is 1.62. The molecule has 2 aromatic rings. The molecule has 3 rings (SSSR count). The van der Waals surface area contributed by atoms with Crippen LogP contribution < -0.4 is 5.73 Å². The van der Waals surface area contributed by atoms with Gasteiger partial charge in [-0.1, -0.05) is 5.16 Å². The molecule has 0 aliphatic heterocycles. The van der Waals surface area contributed by atoms with Gasteiger partial charge in [-0.2, -0.15) is 4.98 Å². The van der Waals surface area contributed by atoms with E-state index in [1.807, 2.05) is 0 Å². The SMILES string of the molecule is NCC1CCC(c2nc(-c3ccc(F)cn3)no2)CC1. The van der Waals surface area contributed by atoms with Crippen molar-refractivity contribution in [3.63, 3.8) is 0 Å². The number of rotatable bonds is 3. The van der Waals surface area contributed by atoms with Gasteiger partial charge < -0.3 is 10.3 Å². The molecule has 0 amide bonds.